The normalized spacial score (nSPS) is 12.5. The number of benzene rings is 4. The molecule has 0 spiro atoms. The number of methoxy groups -OCH3 is 2. The molecule has 9 nitrogen and oxygen atoms in total. The lowest BCUT2D eigenvalue weighted by Crippen LogP contribution is -2.54. The molecule has 0 fully saturated rings. The van der Waals surface area contributed by atoms with Crippen LogP contribution in [0.15, 0.2) is 106 Å². The number of sulfonamides is 1. The molecule has 48 heavy (non-hydrogen) atoms. The fraction of sp³-hybridized carbons (Fsp3) is 0.297. The van der Waals surface area contributed by atoms with E-state index in [4.69, 9.17) is 9.47 Å². The van der Waals surface area contributed by atoms with Gasteiger partial charge >= 0.3 is 0 Å². The highest BCUT2D eigenvalue weighted by Gasteiger charge is 2.36. The molecule has 0 aromatic heterocycles. The first-order chi connectivity index (χ1) is 23.0. The molecule has 0 aliphatic rings. The maximum atomic E-state index is 14.7. The molecule has 0 aliphatic carbocycles. The van der Waals surface area contributed by atoms with Crippen molar-refractivity contribution in [1.29, 1.82) is 0 Å². The fourth-order valence-corrected chi connectivity index (χ4v) is 7.03. The van der Waals surface area contributed by atoms with E-state index in [0.717, 1.165) is 25.5 Å². The van der Waals surface area contributed by atoms with Crippen LogP contribution in [0.3, 0.4) is 0 Å². The van der Waals surface area contributed by atoms with Crippen molar-refractivity contribution in [2.45, 2.75) is 57.1 Å². The van der Waals surface area contributed by atoms with E-state index in [9.17, 15) is 18.0 Å². The highest BCUT2D eigenvalue weighted by molar-refractivity contribution is 9.10. The summed E-state index contributed by atoms with van der Waals surface area (Å²) >= 11 is 3.51. The number of carbonyl (C=O) groups excluding carboxylic acids is 2. The largest absolute Gasteiger partial charge is 0.497 e. The lowest BCUT2D eigenvalue weighted by atomic mass is 10.0. The van der Waals surface area contributed by atoms with Crippen LogP contribution in [0.5, 0.6) is 11.5 Å². The van der Waals surface area contributed by atoms with E-state index < -0.39 is 28.5 Å². The monoisotopic (exact) mass is 735 g/mol. The van der Waals surface area contributed by atoms with Gasteiger partial charge in [0.2, 0.25) is 11.8 Å². The van der Waals surface area contributed by atoms with Crippen LogP contribution in [0.4, 0.5) is 5.69 Å². The standard InChI is InChI=1S/C37H42BrN3O6S/c1-6-27(3)39-37(43)34(22-28-11-8-7-9-12-28)40(24-29-13-10-14-30(38)21-29)36(42)25-41(33-23-31(46-4)17-20-35(33)47-5)48(44,45)32-18-15-26(2)16-19-32/h7-21,23,27,34H,6,22,24-25H2,1-5H3,(H,39,43). The van der Waals surface area contributed by atoms with Gasteiger partial charge in [-0.25, -0.2) is 8.42 Å². The Morgan fingerprint density at radius 1 is 0.875 bits per heavy atom. The van der Waals surface area contributed by atoms with E-state index >= 15 is 0 Å². The molecule has 0 heterocycles. The molecule has 11 heteroatoms. The van der Waals surface area contributed by atoms with Gasteiger partial charge in [-0.1, -0.05) is 83.0 Å². The molecule has 1 N–H and O–H groups in total. The molecular formula is C37H42BrN3O6S. The van der Waals surface area contributed by atoms with Crippen LogP contribution >= 0.6 is 15.9 Å². The van der Waals surface area contributed by atoms with E-state index in [1.807, 2.05) is 75.4 Å². The molecular weight excluding hydrogens is 694 g/mol. The van der Waals surface area contributed by atoms with Crippen LogP contribution < -0.4 is 19.1 Å². The second kappa shape index (κ2) is 16.7. The highest BCUT2D eigenvalue weighted by atomic mass is 79.9. The van der Waals surface area contributed by atoms with E-state index in [-0.39, 0.29) is 41.2 Å². The van der Waals surface area contributed by atoms with Crippen molar-refractivity contribution in [3.05, 3.63) is 118 Å². The van der Waals surface area contributed by atoms with Crippen molar-refractivity contribution < 1.29 is 27.5 Å². The number of hydrogen-bond donors (Lipinski definition) is 1. The summed E-state index contributed by atoms with van der Waals surface area (Å²) in [5, 5.41) is 3.05. The lowest BCUT2D eigenvalue weighted by molar-refractivity contribution is -0.140. The molecule has 2 atom stereocenters. The van der Waals surface area contributed by atoms with Crippen molar-refractivity contribution in [3.63, 3.8) is 0 Å². The minimum Gasteiger partial charge on any atom is -0.497 e. The molecule has 0 saturated carbocycles. The van der Waals surface area contributed by atoms with Gasteiger partial charge in [-0.15, -0.1) is 0 Å². The van der Waals surface area contributed by atoms with Crippen LogP contribution in [0.1, 0.15) is 37.0 Å². The average Bonchev–Trinajstić information content (AvgIpc) is 3.08. The highest BCUT2D eigenvalue weighted by Crippen LogP contribution is 2.36. The maximum absolute atomic E-state index is 14.7. The number of hydrogen-bond acceptors (Lipinski definition) is 6. The Morgan fingerprint density at radius 3 is 2.19 bits per heavy atom. The zero-order valence-electron chi connectivity index (χ0n) is 27.9. The summed E-state index contributed by atoms with van der Waals surface area (Å²) in [5.41, 5.74) is 2.62. The van der Waals surface area contributed by atoms with Gasteiger partial charge in [0.1, 0.15) is 24.1 Å². The third kappa shape index (κ3) is 9.17. The third-order valence-corrected chi connectivity index (χ3v) is 10.3. The van der Waals surface area contributed by atoms with Crippen LogP contribution in [-0.2, 0) is 32.6 Å². The molecule has 4 aromatic carbocycles. The van der Waals surface area contributed by atoms with Crippen LogP contribution in [0.2, 0.25) is 0 Å². The van der Waals surface area contributed by atoms with E-state index in [1.54, 1.807) is 24.3 Å². The molecule has 4 rings (SSSR count). The zero-order chi connectivity index (χ0) is 34.8. The van der Waals surface area contributed by atoms with Gasteiger partial charge in [-0.3, -0.25) is 13.9 Å². The number of nitrogens with one attached hydrogen (secondary N) is 1. The molecule has 254 valence electrons. The third-order valence-electron chi connectivity index (χ3n) is 8.06. The quantitative estimate of drug-likeness (QED) is 0.149. The molecule has 0 saturated heterocycles. The Hall–Kier alpha value is -4.35. The van der Waals surface area contributed by atoms with Gasteiger partial charge < -0.3 is 19.7 Å². The summed E-state index contributed by atoms with van der Waals surface area (Å²) < 4.78 is 41.7. The van der Waals surface area contributed by atoms with Gasteiger partial charge in [0.05, 0.1) is 24.8 Å². The Morgan fingerprint density at radius 2 is 1.56 bits per heavy atom. The number of halogens is 1. The van der Waals surface area contributed by atoms with Crippen molar-refractivity contribution >= 4 is 43.5 Å². The minimum absolute atomic E-state index is 0.000313. The van der Waals surface area contributed by atoms with Crippen molar-refractivity contribution in [2.24, 2.45) is 0 Å². The van der Waals surface area contributed by atoms with E-state index in [2.05, 4.69) is 21.2 Å². The van der Waals surface area contributed by atoms with Crippen molar-refractivity contribution in [3.8, 4) is 11.5 Å². The van der Waals surface area contributed by atoms with Gasteiger partial charge in [-0.05, 0) is 67.8 Å². The number of nitrogens with zero attached hydrogens (tertiary/aromatic N) is 2. The first-order valence-electron chi connectivity index (χ1n) is 15.7. The molecule has 4 aromatic rings. The Labute approximate surface area is 292 Å². The molecule has 0 bridgehead atoms. The first kappa shape index (κ1) is 36.5. The summed E-state index contributed by atoms with van der Waals surface area (Å²) in [4.78, 5) is 30.2. The average molecular weight is 737 g/mol. The van der Waals surface area contributed by atoms with Crippen LogP contribution in [-0.4, -0.2) is 58.0 Å². The van der Waals surface area contributed by atoms with Crippen LogP contribution in [0, 0.1) is 6.92 Å². The fourth-order valence-electron chi connectivity index (χ4n) is 5.17. The van der Waals surface area contributed by atoms with Crippen molar-refractivity contribution in [1.82, 2.24) is 10.2 Å². The Kier molecular flexibility index (Phi) is 12.7. The molecule has 2 unspecified atom stereocenters. The smallest absolute Gasteiger partial charge is 0.264 e. The number of aryl methyl sites for hydroxylation is 1. The Bertz CT molecular complexity index is 1800. The molecule has 0 aliphatic heterocycles. The van der Waals surface area contributed by atoms with Crippen molar-refractivity contribution in [2.75, 3.05) is 25.1 Å². The Balaban J connectivity index is 1.87. The van der Waals surface area contributed by atoms with E-state index in [1.165, 1.54) is 37.3 Å². The van der Waals surface area contributed by atoms with E-state index in [0.29, 0.717) is 12.2 Å². The summed E-state index contributed by atoms with van der Waals surface area (Å²) in [6.07, 6.45) is 0.914. The molecule has 0 radical (unpaired) electrons. The zero-order valence-corrected chi connectivity index (χ0v) is 30.3. The number of carbonyl (C=O) groups is 2. The number of anilines is 1. The summed E-state index contributed by atoms with van der Waals surface area (Å²) in [6, 6.07) is 27.0. The van der Waals surface area contributed by atoms with Gasteiger partial charge in [0.25, 0.3) is 10.0 Å². The second-order valence-electron chi connectivity index (χ2n) is 11.5. The van der Waals surface area contributed by atoms with Gasteiger partial charge in [0, 0.05) is 29.5 Å². The topological polar surface area (TPSA) is 105 Å². The second-order valence-corrected chi connectivity index (χ2v) is 14.3. The maximum Gasteiger partial charge on any atom is 0.264 e. The minimum atomic E-state index is -4.32. The SMILES string of the molecule is CCC(C)NC(=O)C(Cc1ccccc1)N(Cc1cccc(Br)c1)C(=O)CN(c1cc(OC)ccc1OC)S(=O)(=O)c1ccc(C)cc1. The molecule has 2 amide bonds. The van der Waals surface area contributed by atoms with Gasteiger partial charge in [-0.2, -0.15) is 0 Å². The summed E-state index contributed by atoms with van der Waals surface area (Å²) in [7, 11) is -1.42. The lowest BCUT2D eigenvalue weighted by Gasteiger charge is -2.34. The predicted molar refractivity (Wildman–Crippen MR) is 192 cm³/mol. The summed E-state index contributed by atoms with van der Waals surface area (Å²) in [6.45, 7) is 5.17. The number of ether oxygens (including phenoxy) is 2. The van der Waals surface area contributed by atoms with Gasteiger partial charge in [0.15, 0.2) is 0 Å². The predicted octanol–water partition coefficient (Wildman–Crippen LogP) is 6.52. The summed E-state index contributed by atoms with van der Waals surface area (Å²) in [5.74, 6) is -0.296. The number of rotatable bonds is 15. The number of amides is 2. The first-order valence-corrected chi connectivity index (χ1v) is 17.9. The van der Waals surface area contributed by atoms with Crippen LogP contribution in [0.25, 0.3) is 0 Å².